The summed E-state index contributed by atoms with van der Waals surface area (Å²) in [5.41, 5.74) is 2.73. The molecule has 1 atom stereocenters. The first-order chi connectivity index (χ1) is 8.72. The molecule has 0 radical (unpaired) electrons. The first kappa shape index (κ1) is 13.6. The van der Waals surface area contributed by atoms with Crippen LogP contribution in [0.15, 0.2) is 24.3 Å². The maximum Gasteiger partial charge on any atom is 0.0446 e. The first-order valence-corrected chi connectivity index (χ1v) is 7.19. The highest BCUT2D eigenvalue weighted by Crippen LogP contribution is 2.30. The van der Waals surface area contributed by atoms with Gasteiger partial charge in [0.1, 0.15) is 0 Å². The lowest BCUT2D eigenvalue weighted by molar-refractivity contribution is 0.248. The molecule has 1 N–H and O–H groups in total. The van der Waals surface area contributed by atoms with Crippen molar-refractivity contribution in [1.82, 2.24) is 10.2 Å². The topological polar surface area (TPSA) is 15.3 Å². The van der Waals surface area contributed by atoms with Crippen molar-refractivity contribution in [2.45, 2.75) is 32.7 Å². The summed E-state index contributed by atoms with van der Waals surface area (Å²) in [5.74, 6) is 0.973. The van der Waals surface area contributed by atoms with Gasteiger partial charge in [0.2, 0.25) is 0 Å². The van der Waals surface area contributed by atoms with E-state index in [-0.39, 0.29) is 0 Å². The third kappa shape index (κ3) is 3.82. The van der Waals surface area contributed by atoms with Crippen LogP contribution < -0.4 is 5.32 Å². The zero-order chi connectivity index (χ0) is 13.0. The second-order valence-corrected chi connectivity index (χ2v) is 5.55. The van der Waals surface area contributed by atoms with Gasteiger partial charge in [-0.1, -0.05) is 36.8 Å². The van der Waals surface area contributed by atoms with E-state index in [0.717, 1.165) is 19.0 Å². The lowest BCUT2D eigenvalue weighted by atomic mass is 10.0. The molecule has 1 aromatic carbocycles. The van der Waals surface area contributed by atoms with Crippen LogP contribution in [0, 0.1) is 12.8 Å². The smallest absolute Gasteiger partial charge is 0.0446 e. The van der Waals surface area contributed by atoms with Gasteiger partial charge in [-0.05, 0) is 44.8 Å². The van der Waals surface area contributed by atoms with Crippen LogP contribution >= 0.6 is 0 Å². The molecule has 1 fully saturated rings. The Bertz CT molecular complexity index is 354. The highest BCUT2D eigenvalue weighted by molar-refractivity contribution is 5.24. The molecule has 1 unspecified atom stereocenters. The van der Waals surface area contributed by atoms with Gasteiger partial charge in [0, 0.05) is 19.1 Å². The van der Waals surface area contributed by atoms with E-state index in [1.165, 1.54) is 30.5 Å². The number of likely N-dealkylation sites (N-methyl/N-ethyl adjacent to an activating group) is 2. The summed E-state index contributed by atoms with van der Waals surface area (Å²) in [6.45, 7) is 7.96. The maximum atomic E-state index is 3.45. The van der Waals surface area contributed by atoms with E-state index in [9.17, 15) is 0 Å². The molecule has 0 aliphatic heterocycles. The van der Waals surface area contributed by atoms with Crippen molar-refractivity contribution in [3.8, 4) is 0 Å². The van der Waals surface area contributed by atoms with Gasteiger partial charge in [0.15, 0.2) is 0 Å². The van der Waals surface area contributed by atoms with E-state index in [4.69, 9.17) is 0 Å². The molecule has 0 spiro atoms. The van der Waals surface area contributed by atoms with Gasteiger partial charge >= 0.3 is 0 Å². The Hall–Kier alpha value is -0.860. The Labute approximate surface area is 111 Å². The number of aryl methyl sites for hydroxylation is 1. The second kappa shape index (κ2) is 6.35. The minimum Gasteiger partial charge on any atom is -0.312 e. The van der Waals surface area contributed by atoms with Crippen molar-refractivity contribution in [2.24, 2.45) is 5.92 Å². The van der Waals surface area contributed by atoms with Crippen LogP contribution in [-0.2, 0) is 0 Å². The highest BCUT2D eigenvalue weighted by Gasteiger charge is 2.24. The van der Waals surface area contributed by atoms with Gasteiger partial charge in [0.25, 0.3) is 0 Å². The number of rotatable bonds is 7. The summed E-state index contributed by atoms with van der Waals surface area (Å²) < 4.78 is 0. The van der Waals surface area contributed by atoms with Gasteiger partial charge < -0.3 is 10.2 Å². The Balaban J connectivity index is 1.96. The zero-order valence-corrected chi connectivity index (χ0v) is 11.9. The fourth-order valence-electron chi connectivity index (χ4n) is 2.42. The van der Waals surface area contributed by atoms with Crippen molar-refractivity contribution in [3.05, 3.63) is 35.4 Å². The molecule has 0 heterocycles. The lowest BCUT2D eigenvalue weighted by Crippen LogP contribution is -2.35. The molecule has 2 heteroatoms. The second-order valence-electron chi connectivity index (χ2n) is 5.55. The Kier molecular flexibility index (Phi) is 4.79. The average Bonchev–Trinajstić information content (AvgIpc) is 3.19. The molecular formula is C16H26N2. The average molecular weight is 246 g/mol. The zero-order valence-electron chi connectivity index (χ0n) is 11.9. The van der Waals surface area contributed by atoms with Crippen molar-refractivity contribution in [3.63, 3.8) is 0 Å². The molecule has 1 aliphatic rings. The van der Waals surface area contributed by atoms with E-state index in [2.05, 4.69) is 55.4 Å². The minimum atomic E-state index is 0.448. The largest absolute Gasteiger partial charge is 0.312 e. The summed E-state index contributed by atoms with van der Waals surface area (Å²) >= 11 is 0. The van der Waals surface area contributed by atoms with Gasteiger partial charge in [-0.3, -0.25) is 0 Å². The fourth-order valence-corrected chi connectivity index (χ4v) is 2.42. The van der Waals surface area contributed by atoms with Crippen LogP contribution in [-0.4, -0.2) is 31.6 Å². The van der Waals surface area contributed by atoms with E-state index in [0.29, 0.717) is 6.04 Å². The highest BCUT2D eigenvalue weighted by atomic mass is 15.1. The summed E-state index contributed by atoms with van der Waals surface area (Å²) in [5, 5.41) is 3.45. The van der Waals surface area contributed by atoms with Crippen LogP contribution in [0.1, 0.15) is 36.9 Å². The normalized spacial score (nSPS) is 17.1. The van der Waals surface area contributed by atoms with Crippen molar-refractivity contribution in [1.29, 1.82) is 0 Å². The predicted octanol–water partition coefficient (Wildman–Crippen LogP) is 2.99. The number of benzene rings is 1. The summed E-state index contributed by atoms with van der Waals surface area (Å²) in [6, 6.07) is 9.36. The van der Waals surface area contributed by atoms with Crippen LogP contribution in [0.25, 0.3) is 0 Å². The van der Waals surface area contributed by atoms with E-state index in [1.807, 2.05) is 0 Å². The molecule has 100 valence electrons. The number of nitrogens with one attached hydrogen (secondary N) is 1. The van der Waals surface area contributed by atoms with Crippen LogP contribution in [0.2, 0.25) is 0 Å². The maximum absolute atomic E-state index is 3.45. The van der Waals surface area contributed by atoms with Gasteiger partial charge in [-0.15, -0.1) is 0 Å². The number of hydrogen-bond acceptors (Lipinski definition) is 2. The van der Waals surface area contributed by atoms with Crippen molar-refractivity contribution < 1.29 is 0 Å². The molecule has 0 saturated heterocycles. The molecule has 1 aliphatic carbocycles. The summed E-state index contributed by atoms with van der Waals surface area (Å²) in [4.78, 5) is 2.58. The minimum absolute atomic E-state index is 0.448. The van der Waals surface area contributed by atoms with Gasteiger partial charge in [-0.2, -0.15) is 0 Å². The monoisotopic (exact) mass is 246 g/mol. The van der Waals surface area contributed by atoms with Crippen molar-refractivity contribution >= 4 is 0 Å². The van der Waals surface area contributed by atoms with Crippen molar-refractivity contribution in [2.75, 3.05) is 26.7 Å². The molecule has 2 nitrogen and oxygen atoms in total. The third-order valence-electron chi connectivity index (χ3n) is 3.93. The predicted molar refractivity (Wildman–Crippen MR) is 77.8 cm³/mol. The Morgan fingerprint density at radius 3 is 2.44 bits per heavy atom. The SMILES string of the molecule is CCN(CC1CC1)CC(NC)c1ccc(C)cc1. The van der Waals surface area contributed by atoms with Crippen LogP contribution in [0.4, 0.5) is 0 Å². The summed E-state index contributed by atoms with van der Waals surface area (Å²) in [7, 11) is 2.06. The third-order valence-corrected chi connectivity index (χ3v) is 3.93. The Morgan fingerprint density at radius 1 is 1.28 bits per heavy atom. The van der Waals surface area contributed by atoms with E-state index in [1.54, 1.807) is 0 Å². The van der Waals surface area contributed by atoms with E-state index < -0.39 is 0 Å². The fraction of sp³-hybridized carbons (Fsp3) is 0.625. The molecule has 0 amide bonds. The first-order valence-electron chi connectivity index (χ1n) is 7.19. The lowest BCUT2D eigenvalue weighted by Gasteiger charge is -2.26. The van der Waals surface area contributed by atoms with Gasteiger partial charge in [-0.25, -0.2) is 0 Å². The van der Waals surface area contributed by atoms with E-state index >= 15 is 0 Å². The number of hydrogen-bond donors (Lipinski definition) is 1. The molecular weight excluding hydrogens is 220 g/mol. The quantitative estimate of drug-likeness (QED) is 0.795. The molecule has 1 aromatic rings. The molecule has 1 saturated carbocycles. The van der Waals surface area contributed by atoms with Crippen LogP contribution in [0.5, 0.6) is 0 Å². The number of nitrogens with zero attached hydrogens (tertiary/aromatic N) is 1. The summed E-state index contributed by atoms with van der Waals surface area (Å²) in [6.07, 6.45) is 2.87. The molecule has 0 aromatic heterocycles. The van der Waals surface area contributed by atoms with Crippen LogP contribution in [0.3, 0.4) is 0 Å². The Morgan fingerprint density at radius 2 is 1.94 bits per heavy atom. The molecule has 18 heavy (non-hydrogen) atoms. The standard InChI is InChI=1S/C16H26N2/c1-4-18(11-14-7-8-14)12-16(17-3)15-9-5-13(2)6-10-15/h5-6,9-10,14,16-17H,4,7-8,11-12H2,1-3H3. The molecule has 0 bridgehead atoms. The molecule has 2 rings (SSSR count). The van der Waals surface area contributed by atoms with Gasteiger partial charge in [0.05, 0.1) is 0 Å².